The van der Waals surface area contributed by atoms with Crippen molar-refractivity contribution in [2.45, 2.75) is 91.4 Å². The van der Waals surface area contributed by atoms with Crippen molar-refractivity contribution in [3.63, 3.8) is 0 Å². The maximum Gasteiger partial charge on any atom is 0.0956 e. The fraction of sp³-hybridized carbons (Fsp3) is 0.538. The quantitative estimate of drug-likeness (QED) is 0.456. The Morgan fingerprint density at radius 2 is 1.72 bits per heavy atom. The lowest BCUT2D eigenvalue weighted by Crippen LogP contribution is -2.33. The Morgan fingerprint density at radius 1 is 1.07 bits per heavy atom. The van der Waals surface area contributed by atoms with Gasteiger partial charge in [0.05, 0.1) is 5.00 Å². The summed E-state index contributed by atoms with van der Waals surface area (Å²) in [6.07, 6.45) is 9.81. The Morgan fingerprint density at radius 3 is 2.31 bits per heavy atom. The molecule has 0 fully saturated rings. The van der Waals surface area contributed by atoms with Gasteiger partial charge in [0, 0.05) is 21.6 Å². The molecular formula is C26H42N2S. The largest absolute Gasteiger partial charge is 0.399 e. The van der Waals surface area contributed by atoms with Crippen LogP contribution in [0.5, 0.6) is 0 Å². The first kappa shape index (κ1) is 25.3. The topological polar surface area (TPSA) is 52.0 Å². The Labute approximate surface area is 183 Å². The molecule has 0 saturated heterocycles. The molecule has 3 heteroatoms. The summed E-state index contributed by atoms with van der Waals surface area (Å²) < 4.78 is 0. The predicted octanol–water partition coefficient (Wildman–Crippen LogP) is 7.71. The van der Waals surface area contributed by atoms with Crippen molar-refractivity contribution in [2.75, 3.05) is 5.73 Å². The number of anilines is 1. The van der Waals surface area contributed by atoms with E-state index in [1.165, 1.54) is 54.5 Å². The van der Waals surface area contributed by atoms with Crippen molar-refractivity contribution < 1.29 is 0 Å². The van der Waals surface area contributed by atoms with Crippen molar-refractivity contribution in [3.05, 3.63) is 58.5 Å². The van der Waals surface area contributed by atoms with Crippen LogP contribution in [0.3, 0.4) is 0 Å². The van der Waals surface area contributed by atoms with Crippen LogP contribution in [0.25, 0.3) is 5.70 Å². The number of thiophene rings is 1. The summed E-state index contributed by atoms with van der Waals surface area (Å²) in [7, 11) is 0. The number of unbranched alkanes of at least 4 members (excludes halogenated alkanes) is 3. The molecule has 2 aromatic rings. The first-order chi connectivity index (χ1) is 14.1. The fourth-order valence-electron chi connectivity index (χ4n) is 4.34. The first-order valence-corrected chi connectivity index (χ1v) is 12.3. The summed E-state index contributed by atoms with van der Waals surface area (Å²) >= 11 is 1.72. The Kier molecular flexibility index (Phi) is 11.1. The predicted molar refractivity (Wildman–Crippen MR) is 134 cm³/mol. The summed E-state index contributed by atoms with van der Waals surface area (Å²) in [5.74, 6) is 0. The third kappa shape index (κ3) is 6.12. The Hall–Kier alpha value is -1.74. The maximum atomic E-state index is 6.27. The fourth-order valence-corrected chi connectivity index (χ4v) is 5.64. The monoisotopic (exact) mass is 414 g/mol. The zero-order valence-corrected chi connectivity index (χ0v) is 20.1. The van der Waals surface area contributed by atoms with Gasteiger partial charge in [-0.1, -0.05) is 97.2 Å². The van der Waals surface area contributed by atoms with E-state index < -0.39 is 0 Å². The lowest BCUT2D eigenvalue weighted by Gasteiger charge is -2.38. The van der Waals surface area contributed by atoms with Crippen LogP contribution in [0.2, 0.25) is 0 Å². The minimum Gasteiger partial charge on any atom is -0.399 e. The van der Waals surface area contributed by atoms with Crippen molar-refractivity contribution in [2.24, 2.45) is 5.73 Å². The second-order valence-electron chi connectivity index (χ2n) is 7.40. The van der Waals surface area contributed by atoms with Crippen molar-refractivity contribution >= 4 is 22.0 Å². The summed E-state index contributed by atoms with van der Waals surface area (Å²) in [4.78, 5) is 1.42. The molecular weight excluding hydrogens is 372 g/mol. The van der Waals surface area contributed by atoms with Crippen molar-refractivity contribution in [3.8, 4) is 0 Å². The van der Waals surface area contributed by atoms with E-state index in [0.29, 0.717) is 5.70 Å². The molecule has 1 unspecified atom stereocenters. The number of nitrogens with two attached hydrogens (primary N) is 2. The van der Waals surface area contributed by atoms with Gasteiger partial charge in [-0.15, -0.1) is 11.3 Å². The van der Waals surface area contributed by atoms with Gasteiger partial charge in [0.2, 0.25) is 0 Å². The van der Waals surface area contributed by atoms with Gasteiger partial charge in [-0.2, -0.15) is 0 Å². The average Bonchev–Trinajstić information content (AvgIpc) is 3.09. The van der Waals surface area contributed by atoms with E-state index in [-0.39, 0.29) is 5.41 Å². The normalized spacial score (nSPS) is 17.3. The number of fused-ring (bicyclic) bond motifs is 1. The summed E-state index contributed by atoms with van der Waals surface area (Å²) in [5.41, 5.74) is 17.0. The highest BCUT2D eigenvalue weighted by Gasteiger charge is 2.38. The average molecular weight is 415 g/mol. The van der Waals surface area contributed by atoms with Crippen LogP contribution in [0.15, 0.2) is 36.9 Å². The molecule has 0 aliphatic heterocycles. The molecule has 2 nitrogen and oxygen atoms in total. The minimum absolute atomic E-state index is 0.243. The Bertz CT molecular complexity index is 733. The molecule has 0 spiro atoms. The third-order valence-electron chi connectivity index (χ3n) is 5.69. The smallest absolute Gasteiger partial charge is 0.0956 e. The molecule has 0 bridgehead atoms. The second kappa shape index (κ2) is 12.7. The van der Waals surface area contributed by atoms with E-state index in [9.17, 15) is 0 Å². The Balaban J connectivity index is 0.000000989. The van der Waals surface area contributed by atoms with Crippen LogP contribution in [-0.2, 0) is 18.3 Å². The number of hydrogen-bond donors (Lipinski definition) is 2. The van der Waals surface area contributed by atoms with E-state index >= 15 is 0 Å². The van der Waals surface area contributed by atoms with Gasteiger partial charge in [0.15, 0.2) is 0 Å². The standard InChI is InChI=1S/C22H30N2S.2C2H6/c1-3-4-5-9-13-22(17-10-7-6-8-11-17)14-12-18-19(15-22)25-21(24)20(18)16(2)23;2*1-2/h6-8,10-11H,2-5,9,12-15,23-24H2,1H3;2*1-2H3. The third-order valence-corrected chi connectivity index (χ3v) is 6.75. The molecule has 0 radical (unpaired) electrons. The second-order valence-corrected chi connectivity index (χ2v) is 8.54. The van der Waals surface area contributed by atoms with Crippen LogP contribution in [-0.4, -0.2) is 0 Å². The lowest BCUT2D eigenvalue weighted by molar-refractivity contribution is 0.332. The molecule has 1 aromatic carbocycles. The van der Waals surface area contributed by atoms with Gasteiger partial charge in [-0.25, -0.2) is 0 Å². The molecule has 3 rings (SSSR count). The molecule has 1 aliphatic carbocycles. The minimum atomic E-state index is 0.243. The van der Waals surface area contributed by atoms with E-state index in [2.05, 4.69) is 43.8 Å². The molecule has 4 N–H and O–H groups in total. The van der Waals surface area contributed by atoms with Gasteiger partial charge in [-0.05, 0) is 36.8 Å². The van der Waals surface area contributed by atoms with Crippen LogP contribution in [0.4, 0.5) is 5.00 Å². The van der Waals surface area contributed by atoms with Crippen LogP contribution >= 0.6 is 11.3 Å². The highest BCUT2D eigenvalue weighted by Crippen LogP contribution is 2.47. The first-order valence-electron chi connectivity index (χ1n) is 11.5. The van der Waals surface area contributed by atoms with Gasteiger partial charge in [0.25, 0.3) is 0 Å². The molecule has 1 atom stereocenters. The highest BCUT2D eigenvalue weighted by molar-refractivity contribution is 7.16. The molecule has 29 heavy (non-hydrogen) atoms. The number of benzene rings is 1. The molecule has 162 valence electrons. The van der Waals surface area contributed by atoms with E-state index in [1.807, 2.05) is 27.7 Å². The number of nitrogen functional groups attached to an aromatic ring is 1. The van der Waals surface area contributed by atoms with Gasteiger partial charge in [-0.3, -0.25) is 0 Å². The van der Waals surface area contributed by atoms with Gasteiger partial charge >= 0.3 is 0 Å². The molecule has 1 aromatic heterocycles. The molecule has 0 amide bonds. The SMILES string of the molecule is C=C(N)c1c(N)sc2c1CCC(CCCCCC)(c1ccccc1)C2.CC.CC. The van der Waals surface area contributed by atoms with Crippen LogP contribution in [0, 0.1) is 0 Å². The zero-order valence-electron chi connectivity index (χ0n) is 19.3. The van der Waals surface area contributed by atoms with E-state index in [0.717, 1.165) is 23.4 Å². The van der Waals surface area contributed by atoms with Gasteiger partial charge < -0.3 is 11.5 Å². The van der Waals surface area contributed by atoms with Crippen molar-refractivity contribution in [1.82, 2.24) is 0 Å². The molecule has 0 saturated carbocycles. The van der Waals surface area contributed by atoms with Crippen LogP contribution in [0.1, 0.15) is 94.7 Å². The van der Waals surface area contributed by atoms with E-state index in [4.69, 9.17) is 11.5 Å². The van der Waals surface area contributed by atoms with Gasteiger partial charge in [0.1, 0.15) is 0 Å². The maximum absolute atomic E-state index is 6.27. The summed E-state index contributed by atoms with van der Waals surface area (Å²) in [6, 6.07) is 11.1. The lowest BCUT2D eigenvalue weighted by atomic mass is 9.66. The molecule has 1 heterocycles. The highest BCUT2D eigenvalue weighted by atomic mass is 32.1. The summed E-state index contributed by atoms with van der Waals surface area (Å²) in [5, 5.41) is 0.840. The van der Waals surface area contributed by atoms with Crippen molar-refractivity contribution in [1.29, 1.82) is 0 Å². The number of rotatable bonds is 7. The van der Waals surface area contributed by atoms with E-state index in [1.54, 1.807) is 11.3 Å². The summed E-state index contributed by atoms with van der Waals surface area (Å²) in [6.45, 7) is 14.2. The number of hydrogen-bond acceptors (Lipinski definition) is 3. The zero-order chi connectivity index (χ0) is 21.9. The van der Waals surface area contributed by atoms with Crippen LogP contribution < -0.4 is 11.5 Å². The molecule has 1 aliphatic rings.